The van der Waals surface area contributed by atoms with E-state index in [-0.39, 0.29) is 0 Å². The number of carbonyl (C=O) groups is 3. The van der Waals surface area contributed by atoms with Gasteiger partial charge in [0, 0.05) is 13.1 Å². The zero-order valence-electron chi connectivity index (χ0n) is 9.59. The van der Waals surface area contributed by atoms with Crippen molar-refractivity contribution in [3.05, 3.63) is 0 Å². The first-order chi connectivity index (χ1) is 8.49. The van der Waals surface area contributed by atoms with Crippen molar-refractivity contribution in [2.75, 3.05) is 26.3 Å². The Morgan fingerprint density at radius 2 is 1.83 bits per heavy atom. The van der Waals surface area contributed by atoms with E-state index in [0.717, 1.165) is 0 Å². The molecule has 102 valence electrons. The number of aliphatic carboxylic acids is 2. The van der Waals surface area contributed by atoms with Gasteiger partial charge in [-0.3, -0.25) is 10.2 Å². The Morgan fingerprint density at radius 1 is 1.22 bits per heavy atom. The molecule has 1 heterocycles. The summed E-state index contributed by atoms with van der Waals surface area (Å²) in [6, 6.07) is -2.20. The van der Waals surface area contributed by atoms with Crippen molar-refractivity contribution in [1.29, 1.82) is 0 Å². The quantitative estimate of drug-likeness (QED) is 0.472. The molecule has 0 aliphatic carbocycles. The fourth-order valence-electron chi connectivity index (χ4n) is 1.38. The van der Waals surface area contributed by atoms with Gasteiger partial charge in [-0.15, -0.1) is 0 Å². The van der Waals surface area contributed by atoms with Crippen LogP contribution in [-0.4, -0.2) is 65.5 Å². The largest absolute Gasteiger partial charge is 0.481 e. The van der Waals surface area contributed by atoms with E-state index in [0.29, 0.717) is 26.3 Å². The monoisotopic (exact) mass is 261 g/mol. The zero-order valence-corrected chi connectivity index (χ0v) is 9.59. The summed E-state index contributed by atoms with van der Waals surface area (Å²) in [7, 11) is 0. The summed E-state index contributed by atoms with van der Waals surface area (Å²) >= 11 is 0. The van der Waals surface area contributed by atoms with E-state index in [1.54, 1.807) is 5.01 Å². The number of hydrazine groups is 1. The highest BCUT2D eigenvalue weighted by Crippen LogP contribution is 1.95. The van der Waals surface area contributed by atoms with Crippen LogP contribution in [-0.2, 0) is 14.3 Å². The highest BCUT2D eigenvalue weighted by molar-refractivity contribution is 5.85. The van der Waals surface area contributed by atoms with Crippen LogP contribution >= 0.6 is 0 Å². The summed E-state index contributed by atoms with van der Waals surface area (Å²) in [5.41, 5.74) is 2.42. The van der Waals surface area contributed by atoms with Crippen LogP contribution in [0.25, 0.3) is 0 Å². The van der Waals surface area contributed by atoms with E-state index in [9.17, 15) is 14.4 Å². The van der Waals surface area contributed by atoms with Crippen LogP contribution in [0.4, 0.5) is 4.79 Å². The molecule has 0 aromatic rings. The molecular weight excluding hydrogens is 246 g/mol. The van der Waals surface area contributed by atoms with Crippen LogP contribution in [0.3, 0.4) is 0 Å². The van der Waals surface area contributed by atoms with E-state index in [2.05, 4.69) is 10.7 Å². The summed E-state index contributed by atoms with van der Waals surface area (Å²) in [6.07, 6.45) is -0.675. The second kappa shape index (κ2) is 6.77. The molecule has 0 unspecified atom stereocenters. The molecule has 9 nitrogen and oxygen atoms in total. The molecule has 1 aliphatic heterocycles. The third-order valence-electron chi connectivity index (χ3n) is 2.25. The van der Waals surface area contributed by atoms with Gasteiger partial charge in [-0.25, -0.2) is 14.6 Å². The number of carboxylic acids is 2. The molecule has 4 N–H and O–H groups in total. The Balaban J connectivity index is 2.40. The average molecular weight is 261 g/mol. The lowest BCUT2D eigenvalue weighted by molar-refractivity contribution is -0.145. The molecule has 0 radical (unpaired) electrons. The van der Waals surface area contributed by atoms with Gasteiger partial charge in [0.1, 0.15) is 6.04 Å². The molecule has 0 spiro atoms. The van der Waals surface area contributed by atoms with Gasteiger partial charge >= 0.3 is 18.0 Å². The van der Waals surface area contributed by atoms with Gasteiger partial charge in [0.25, 0.3) is 0 Å². The predicted molar refractivity (Wildman–Crippen MR) is 57.7 cm³/mol. The molecule has 1 fully saturated rings. The van der Waals surface area contributed by atoms with Crippen LogP contribution in [0.5, 0.6) is 0 Å². The number of hydrogen-bond donors (Lipinski definition) is 4. The number of carboxylic acid groups (broad SMARTS) is 2. The Hall–Kier alpha value is -1.87. The first-order valence-corrected chi connectivity index (χ1v) is 5.33. The molecule has 1 saturated heterocycles. The number of carbonyl (C=O) groups excluding carboxylic acids is 1. The first-order valence-electron chi connectivity index (χ1n) is 5.33. The molecule has 0 aromatic carbocycles. The number of morpholine rings is 1. The minimum Gasteiger partial charge on any atom is -0.481 e. The summed E-state index contributed by atoms with van der Waals surface area (Å²) in [6.45, 7) is 1.92. The highest BCUT2D eigenvalue weighted by atomic mass is 16.5. The Morgan fingerprint density at radius 3 is 2.33 bits per heavy atom. The SMILES string of the molecule is O=C(O)C[C@H](NC(=O)NN1CCOCC1)C(=O)O. The van der Waals surface area contributed by atoms with Crippen LogP contribution in [0.2, 0.25) is 0 Å². The maximum absolute atomic E-state index is 11.4. The Bertz CT molecular complexity index is 328. The maximum Gasteiger partial charge on any atom is 0.330 e. The Kier molecular flexibility index (Phi) is 5.33. The molecule has 1 aliphatic rings. The van der Waals surface area contributed by atoms with Crippen molar-refractivity contribution >= 4 is 18.0 Å². The van der Waals surface area contributed by atoms with Crippen molar-refractivity contribution in [1.82, 2.24) is 15.8 Å². The van der Waals surface area contributed by atoms with Crippen molar-refractivity contribution in [3.63, 3.8) is 0 Å². The average Bonchev–Trinajstić information content (AvgIpc) is 2.28. The number of hydrogen-bond acceptors (Lipinski definition) is 5. The first kappa shape index (κ1) is 14.2. The normalized spacial score (nSPS) is 17.8. The lowest BCUT2D eigenvalue weighted by Crippen LogP contribution is -2.55. The number of amides is 2. The molecular formula is C9H15N3O6. The zero-order chi connectivity index (χ0) is 13.5. The number of nitrogens with zero attached hydrogens (tertiary/aromatic N) is 1. The topological polar surface area (TPSA) is 128 Å². The lowest BCUT2D eigenvalue weighted by atomic mass is 10.2. The van der Waals surface area contributed by atoms with Crippen molar-refractivity contribution in [2.24, 2.45) is 0 Å². The molecule has 0 aromatic heterocycles. The summed E-state index contributed by atoms with van der Waals surface area (Å²) < 4.78 is 5.07. The third kappa shape index (κ3) is 4.97. The highest BCUT2D eigenvalue weighted by Gasteiger charge is 2.24. The van der Waals surface area contributed by atoms with Crippen LogP contribution < -0.4 is 10.7 Å². The van der Waals surface area contributed by atoms with E-state index >= 15 is 0 Å². The lowest BCUT2D eigenvalue weighted by Gasteiger charge is -2.27. The molecule has 0 bridgehead atoms. The smallest absolute Gasteiger partial charge is 0.330 e. The fraction of sp³-hybridized carbons (Fsp3) is 0.667. The van der Waals surface area contributed by atoms with Crippen molar-refractivity contribution in [3.8, 4) is 0 Å². The van der Waals surface area contributed by atoms with Gasteiger partial charge in [-0.1, -0.05) is 0 Å². The fourth-order valence-corrected chi connectivity index (χ4v) is 1.38. The van der Waals surface area contributed by atoms with Crippen LogP contribution in [0.15, 0.2) is 0 Å². The third-order valence-corrected chi connectivity index (χ3v) is 2.25. The van der Waals surface area contributed by atoms with E-state index < -0.39 is 30.4 Å². The minimum absolute atomic E-state index is 0.470. The van der Waals surface area contributed by atoms with Crippen molar-refractivity contribution in [2.45, 2.75) is 12.5 Å². The summed E-state index contributed by atoms with van der Waals surface area (Å²) in [4.78, 5) is 32.6. The molecule has 2 amide bonds. The summed E-state index contributed by atoms with van der Waals surface area (Å²) in [5, 5.41) is 20.9. The van der Waals surface area contributed by atoms with Crippen LogP contribution in [0.1, 0.15) is 6.42 Å². The molecule has 9 heteroatoms. The van der Waals surface area contributed by atoms with Crippen molar-refractivity contribution < 1.29 is 29.3 Å². The Labute approximate surface area is 103 Å². The van der Waals surface area contributed by atoms with Gasteiger partial charge < -0.3 is 20.3 Å². The molecule has 1 atom stereocenters. The standard InChI is InChI=1S/C9H15N3O6/c13-7(14)5-6(8(15)16)10-9(17)11-12-1-3-18-4-2-12/h6H,1-5H2,(H,13,14)(H,15,16)(H2,10,11,17)/t6-/m0/s1. The second-order valence-corrected chi connectivity index (χ2v) is 3.67. The predicted octanol–water partition coefficient (Wildman–Crippen LogP) is -1.54. The van der Waals surface area contributed by atoms with Crippen LogP contribution in [0, 0.1) is 0 Å². The van der Waals surface area contributed by atoms with E-state index in [1.165, 1.54) is 0 Å². The molecule has 1 rings (SSSR count). The van der Waals surface area contributed by atoms with Gasteiger partial charge in [-0.05, 0) is 0 Å². The van der Waals surface area contributed by atoms with Gasteiger partial charge in [-0.2, -0.15) is 0 Å². The number of rotatable bonds is 5. The number of urea groups is 1. The minimum atomic E-state index is -1.46. The van der Waals surface area contributed by atoms with Gasteiger partial charge in [0.15, 0.2) is 0 Å². The number of nitrogens with one attached hydrogen (secondary N) is 2. The van der Waals surface area contributed by atoms with E-state index in [1.807, 2.05) is 0 Å². The maximum atomic E-state index is 11.4. The summed E-state index contributed by atoms with van der Waals surface area (Å²) in [5.74, 6) is -2.69. The molecule has 18 heavy (non-hydrogen) atoms. The van der Waals surface area contributed by atoms with Gasteiger partial charge in [0.2, 0.25) is 0 Å². The molecule has 0 saturated carbocycles. The number of ether oxygens (including phenoxy) is 1. The van der Waals surface area contributed by atoms with E-state index in [4.69, 9.17) is 14.9 Å². The second-order valence-electron chi connectivity index (χ2n) is 3.67. The van der Waals surface area contributed by atoms with Gasteiger partial charge in [0.05, 0.1) is 19.6 Å².